The number of carbonyl (C=O) groups excluding carboxylic acids is 1. The van der Waals surface area contributed by atoms with Crippen LogP contribution in [-0.4, -0.2) is 105 Å². The molecule has 2 saturated heterocycles. The van der Waals surface area contributed by atoms with Crippen molar-refractivity contribution in [3.05, 3.63) is 65.9 Å². The van der Waals surface area contributed by atoms with Gasteiger partial charge in [0.15, 0.2) is 6.10 Å². The summed E-state index contributed by atoms with van der Waals surface area (Å²) < 4.78 is 35.4. The van der Waals surface area contributed by atoms with Crippen molar-refractivity contribution in [2.75, 3.05) is 44.7 Å². The van der Waals surface area contributed by atoms with Crippen molar-refractivity contribution >= 4 is 17.5 Å². The van der Waals surface area contributed by atoms with Gasteiger partial charge in [-0.1, -0.05) is 12.1 Å². The number of nitrogens with one attached hydrogen (secondary N) is 1. The SMILES string of the molecule is CC(O)C(=O)N1CCC(Oc2ccc(-c3ccnc(Nc4cccc(C5CCN(C(CO)CO)CC5)c4)n3)cc2C#N)C(F)(F)C1. The molecule has 0 radical (unpaired) electrons. The molecule has 2 fully saturated rings. The summed E-state index contributed by atoms with van der Waals surface area (Å²) in [6, 6.07) is 16.1. The Labute approximate surface area is 266 Å². The Bertz CT molecular complexity index is 1560. The first-order valence-electron chi connectivity index (χ1n) is 15.3. The second kappa shape index (κ2) is 14.5. The fourth-order valence-electron chi connectivity index (χ4n) is 6.02. The van der Waals surface area contributed by atoms with Gasteiger partial charge in [-0.15, -0.1) is 0 Å². The molecule has 13 heteroatoms. The third kappa shape index (κ3) is 7.59. The third-order valence-electron chi connectivity index (χ3n) is 8.61. The molecule has 244 valence electrons. The summed E-state index contributed by atoms with van der Waals surface area (Å²) in [5.41, 5.74) is 3.13. The van der Waals surface area contributed by atoms with E-state index in [1.807, 2.05) is 18.2 Å². The molecule has 1 aromatic heterocycles. The van der Waals surface area contributed by atoms with Crippen molar-refractivity contribution in [3.8, 4) is 23.1 Å². The van der Waals surface area contributed by atoms with Gasteiger partial charge in [0, 0.05) is 30.4 Å². The van der Waals surface area contributed by atoms with Gasteiger partial charge in [0.1, 0.15) is 17.9 Å². The van der Waals surface area contributed by atoms with E-state index in [-0.39, 0.29) is 43.5 Å². The first kappa shape index (κ1) is 33.2. The molecule has 46 heavy (non-hydrogen) atoms. The summed E-state index contributed by atoms with van der Waals surface area (Å²) in [6.07, 6.45) is 0.330. The Balaban J connectivity index is 1.25. The molecule has 2 aliphatic rings. The third-order valence-corrected chi connectivity index (χ3v) is 8.61. The lowest BCUT2D eigenvalue weighted by Gasteiger charge is -2.38. The number of carbonyl (C=O) groups is 1. The van der Waals surface area contributed by atoms with E-state index in [9.17, 15) is 34.2 Å². The van der Waals surface area contributed by atoms with Crippen LogP contribution in [-0.2, 0) is 4.79 Å². The van der Waals surface area contributed by atoms with Crippen molar-refractivity contribution in [1.29, 1.82) is 5.26 Å². The van der Waals surface area contributed by atoms with Gasteiger partial charge in [-0.25, -0.2) is 18.7 Å². The van der Waals surface area contributed by atoms with Gasteiger partial charge in [0.25, 0.3) is 5.91 Å². The molecule has 3 aromatic rings. The molecule has 0 saturated carbocycles. The number of ether oxygens (including phenoxy) is 1. The molecular weight excluding hydrogens is 598 g/mol. The molecule has 1 amide bonds. The molecule has 2 aromatic carbocycles. The Morgan fingerprint density at radius 3 is 2.57 bits per heavy atom. The quantitative estimate of drug-likeness (QED) is 0.261. The number of aromatic nitrogens is 2. The number of nitriles is 1. The molecular formula is C33H38F2N6O5. The first-order chi connectivity index (χ1) is 22.1. The normalized spacial score (nSPS) is 19.4. The minimum Gasteiger partial charge on any atom is -0.483 e. The van der Waals surface area contributed by atoms with E-state index in [0.717, 1.165) is 36.5 Å². The minimum atomic E-state index is -3.38. The van der Waals surface area contributed by atoms with Crippen LogP contribution in [0.3, 0.4) is 0 Å². The molecule has 2 atom stereocenters. The largest absolute Gasteiger partial charge is 0.483 e. The lowest BCUT2D eigenvalue weighted by molar-refractivity contribution is -0.165. The van der Waals surface area contributed by atoms with Crippen molar-refractivity contribution in [1.82, 2.24) is 19.8 Å². The summed E-state index contributed by atoms with van der Waals surface area (Å²) in [4.78, 5) is 24.0. The summed E-state index contributed by atoms with van der Waals surface area (Å²) in [5.74, 6) is -3.45. The van der Waals surface area contributed by atoms with Crippen LogP contribution in [0.25, 0.3) is 11.3 Å². The monoisotopic (exact) mass is 636 g/mol. The number of benzene rings is 2. The van der Waals surface area contributed by atoms with Gasteiger partial charge in [-0.3, -0.25) is 9.69 Å². The molecule has 0 aliphatic carbocycles. The molecule has 0 bridgehead atoms. The Kier molecular flexibility index (Phi) is 10.4. The van der Waals surface area contributed by atoms with E-state index >= 15 is 0 Å². The Hall–Kier alpha value is -4.22. The average Bonchev–Trinajstić information content (AvgIpc) is 3.06. The number of hydrogen-bond donors (Lipinski definition) is 4. The van der Waals surface area contributed by atoms with Gasteiger partial charge in [0.2, 0.25) is 5.95 Å². The van der Waals surface area contributed by atoms with Crippen LogP contribution in [0, 0.1) is 11.3 Å². The fraction of sp³-hybridized carbons (Fsp3) is 0.455. The molecule has 3 heterocycles. The van der Waals surface area contributed by atoms with E-state index in [1.54, 1.807) is 18.3 Å². The van der Waals surface area contributed by atoms with Crippen LogP contribution in [0.2, 0.25) is 0 Å². The number of anilines is 2. The van der Waals surface area contributed by atoms with E-state index in [2.05, 4.69) is 32.3 Å². The number of halogens is 2. The second-order valence-electron chi connectivity index (χ2n) is 11.8. The number of likely N-dealkylation sites (tertiary alicyclic amines) is 2. The van der Waals surface area contributed by atoms with Crippen molar-refractivity contribution < 1.29 is 33.6 Å². The van der Waals surface area contributed by atoms with Crippen molar-refractivity contribution in [2.45, 2.75) is 56.3 Å². The molecule has 2 unspecified atom stereocenters. The highest BCUT2D eigenvalue weighted by Crippen LogP contribution is 2.35. The fourth-order valence-corrected chi connectivity index (χ4v) is 6.02. The highest BCUT2D eigenvalue weighted by molar-refractivity contribution is 5.80. The predicted molar refractivity (Wildman–Crippen MR) is 166 cm³/mol. The first-order valence-corrected chi connectivity index (χ1v) is 15.3. The van der Waals surface area contributed by atoms with Gasteiger partial charge in [-0.05, 0) is 80.7 Å². The van der Waals surface area contributed by atoms with Gasteiger partial charge >= 0.3 is 5.92 Å². The standard InChI is InChI=1S/C33H38F2N6O5/c1-21(44)31(45)41-14-10-30(33(34,35)20-41)46-29-6-5-24(15-25(29)17-36)28-7-11-37-32(39-28)38-26-4-2-3-23(16-26)22-8-12-40(13-9-22)27(18-42)19-43/h2-7,11,15-16,21-22,27,30,42-44H,8-10,12-14,18-20H2,1H3,(H,37,38,39). The number of hydrogen-bond acceptors (Lipinski definition) is 10. The summed E-state index contributed by atoms with van der Waals surface area (Å²) in [7, 11) is 0. The number of rotatable bonds is 10. The maximum atomic E-state index is 14.9. The zero-order valence-corrected chi connectivity index (χ0v) is 25.5. The zero-order chi connectivity index (χ0) is 32.8. The Morgan fingerprint density at radius 2 is 1.89 bits per heavy atom. The highest BCUT2D eigenvalue weighted by Gasteiger charge is 2.48. The summed E-state index contributed by atoms with van der Waals surface area (Å²) in [6.45, 7) is 1.81. The van der Waals surface area contributed by atoms with E-state index in [4.69, 9.17) is 4.74 Å². The summed E-state index contributed by atoms with van der Waals surface area (Å²) >= 11 is 0. The van der Waals surface area contributed by atoms with E-state index in [1.165, 1.54) is 24.6 Å². The number of nitrogens with zero attached hydrogens (tertiary/aromatic N) is 5. The number of alkyl halides is 2. The van der Waals surface area contributed by atoms with Crippen molar-refractivity contribution in [3.63, 3.8) is 0 Å². The maximum Gasteiger partial charge on any atom is 0.301 e. The van der Waals surface area contributed by atoms with Gasteiger partial charge in [-0.2, -0.15) is 5.26 Å². The molecule has 5 rings (SSSR count). The lowest BCUT2D eigenvalue weighted by atomic mass is 9.88. The van der Waals surface area contributed by atoms with Gasteiger partial charge < -0.3 is 30.3 Å². The van der Waals surface area contributed by atoms with Crippen LogP contribution in [0.5, 0.6) is 5.75 Å². The molecule has 11 nitrogen and oxygen atoms in total. The maximum absolute atomic E-state index is 14.9. The van der Waals surface area contributed by atoms with Gasteiger partial charge in [0.05, 0.1) is 37.1 Å². The van der Waals surface area contributed by atoms with Crippen molar-refractivity contribution in [2.24, 2.45) is 0 Å². The topological polar surface area (TPSA) is 155 Å². The van der Waals surface area contributed by atoms with E-state index < -0.39 is 30.6 Å². The lowest BCUT2D eigenvalue weighted by Crippen LogP contribution is -2.56. The number of amides is 1. The summed E-state index contributed by atoms with van der Waals surface area (Å²) in [5, 5.41) is 41.5. The predicted octanol–water partition coefficient (Wildman–Crippen LogP) is 3.29. The van der Waals surface area contributed by atoms with Crippen LogP contribution >= 0.6 is 0 Å². The molecule has 4 N–H and O–H groups in total. The Morgan fingerprint density at radius 1 is 1.13 bits per heavy atom. The van der Waals surface area contributed by atoms with Crippen LogP contribution in [0.15, 0.2) is 54.7 Å². The second-order valence-corrected chi connectivity index (χ2v) is 11.8. The average molecular weight is 637 g/mol. The molecule has 2 aliphatic heterocycles. The van der Waals surface area contributed by atoms with Crippen LogP contribution in [0.4, 0.5) is 20.4 Å². The smallest absolute Gasteiger partial charge is 0.301 e. The van der Waals surface area contributed by atoms with Crippen LogP contribution < -0.4 is 10.1 Å². The minimum absolute atomic E-state index is 0.00147. The molecule has 0 spiro atoms. The number of piperidine rings is 2. The van der Waals surface area contributed by atoms with E-state index in [0.29, 0.717) is 23.1 Å². The van der Waals surface area contributed by atoms with Crippen LogP contribution in [0.1, 0.15) is 43.2 Å². The number of aliphatic hydroxyl groups is 3. The highest BCUT2D eigenvalue weighted by atomic mass is 19.3. The number of aliphatic hydroxyl groups excluding tert-OH is 3. The zero-order valence-electron chi connectivity index (χ0n) is 25.5.